The second kappa shape index (κ2) is 12.2. The average Bonchev–Trinajstić information content (AvgIpc) is 2.81. The quantitative estimate of drug-likeness (QED) is 0.450. The van der Waals surface area contributed by atoms with Gasteiger partial charge in [0, 0.05) is 38.8 Å². The Kier molecular flexibility index (Phi) is 9.65. The van der Waals surface area contributed by atoms with E-state index in [0.717, 1.165) is 18.4 Å². The van der Waals surface area contributed by atoms with Crippen molar-refractivity contribution < 1.29 is 23.8 Å². The molecule has 1 aromatic rings. The highest BCUT2D eigenvalue weighted by atomic mass is 16.5. The molecule has 2 amide bonds. The van der Waals surface area contributed by atoms with E-state index < -0.39 is 0 Å². The molecule has 1 aliphatic heterocycles. The Labute approximate surface area is 185 Å². The molecule has 8 heteroatoms. The number of carbonyl (C=O) groups is 2. The van der Waals surface area contributed by atoms with Crippen LogP contribution in [0.5, 0.6) is 17.2 Å². The molecule has 1 atom stereocenters. The Hall–Kier alpha value is -2.74. The molecule has 0 radical (unpaired) electrons. The van der Waals surface area contributed by atoms with Gasteiger partial charge in [0.05, 0.1) is 27.4 Å². The van der Waals surface area contributed by atoms with Crippen molar-refractivity contribution >= 4 is 17.9 Å². The van der Waals surface area contributed by atoms with Crippen molar-refractivity contribution in [1.82, 2.24) is 15.1 Å². The van der Waals surface area contributed by atoms with E-state index >= 15 is 0 Å². The van der Waals surface area contributed by atoms with E-state index in [2.05, 4.69) is 17.1 Å². The van der Waals surface area contributed by atoms with Crippen molar-refractivity contribution in [3.8, 4) is 17.2 Å². The summed E-state index contributed by atoms with van der Waals surface area (Å²) in [7, 11) is 4.66. The highest BCUT2D eigenvalue weighted by Gasteiger charge is 2.26. The number of hydrogen-bond donors (Lipinski definition) is 1. The molecule has 1 aliphatic rings. The molecule has 1 aromatic carbocycles. The molecule has 1 saturated heterocycles. The molecule has 1 N–H and O–H groups in total. The van der Waals surface area contributed by atoms with Gasteiger partial charge < -0.3 is 24.4 Å². The minimum absolute atomic E-state index is 0.0514. The summed E-state index contributed by atoms with van der Waals surface area (Å²) in [6, 6.07) is 3.40. The average molecular weight is 434 g/mol. The van der Waals surface area contributed by atoms with Gasteiger partial charge in [0.1, 0.15) is 0 Å². The van der Waals surface area contributed by atoms with Gasteiger partial charge >= 0.3 is 0 Å². The zero-order valence-corrected chi connectivity index (χ0v) is 19.3. The fraction of sp³-hybridized carbons (Fsp3) is 0.565. The van der Waals surface area contributed by atoms with E-state index in [1.165, 1.54) is 0 Å². The SMILES string of the molecule is CCCCNC(=O)C(C)N1CCN(C(=O)/C=C/c2cc(OC)c(OC)c(OC)c2)CC1. The molecule has 1 heterocycles. The van der Waals surface area contributed by atoms with E-state index in [0.29, 0.717) is 50.0 Å². The van der Waals surface area contributed by atoms with Crippen molar-refractivity contribution in [3.05, 3.63) is 23.8 Å². The number of benzene rings is 1. The van der Waals surface area contributed by atoms with E-state index in [9.17, 15) is 9.59 Å². The number of piperazine rings is 1. The number of carbonyl (C=O) groups excluding carboxylic acids is 2. The third-order valence-electron chi connectivity index (χ3n) is 5.49. The Bertz CT molecular complexity index is 747. The molecule has 1 fully saturated rings. The predicted molar refractivity (Wildman–Crippen MR) is 121 cm³/mol. The first-order chi connectivity index (χ1) is 14.9. The van der Waals surface area contributed by atoms with Crippen LogP contribution in [-0.2, 0) is 9.59 Å². The van der Waals surface area contributed by atoms with Gasteiger partial charge in [-0.2, -0.15) is 0 Å². The summed E-state index contributed by atoms with van der Waals surface area (Å²) in [4.78, 5) is 28.8. The van der Waals surface area contributed by atoms with Crippen LogP contribution in [0.25, 0.3) is 6.08 Å². The molecule has 0 bridgehead atoms. The van der Waals surface area contributed by atoms with Gasteiger partial charge in [0.25, 0.3) is 0 Å². The van der Waals surface area contributed by atoms with Gasteiger partial charge in [-0.3, -0.25) is 14.5 Å². The smallest absolute Gasteiger partial charge is 0.246 e. The van der Waals surface area contributed by atoms with Crippen LogP contribution in [0.15, 0.2) is 18.2 Å². The van der Waals surface area contributed by atoms with Crippen molar-refractivity contribution in [2.24, 2.45) is 0 Å². The molecular formula is C23H35N3O5. The fourth-order valence-electron chi connectivity index (χ4n) is 3.50. The lowest BCUT2D eigenvalue weighted by molar-refractivity contribution is -0.130. The number of nitrogens with one attached hydrogen (secondary N) is 1. The van der Waals surface area contributed by atoms with E-state index in [1.807, 2.05) is 6.92 Å². The maximum absolute atomic E-state index is 12.6. The minimum atomic E-state index is -0.191. The van der Waals surface area contributed by atoms with Gasteiger partial charge in [0.15, 0.2) is 11.5 Å². The van der Waals surface area contributed by atoms with Crippen LogP contribution in [0, 0.1) is 0 Å². The van der Waals surface area contributed by atoms with E-state index in [1.54, 1.807) is 50.5 Å². The zero-order chi connectivity index (χ0) is 22.8. The second-order valence-electron chi connectivity index (χ2n) is 7.47. The second-order valence-corrected chi connectivity index (χ2v) is 7.47. The van der Waals surface area contributed by atoms with Gasteiger partial charge in [-0.25, -0.2) is 0 Å². The van der Waals surface area contributed by atoms with Crippen molar-refractivity contribution in [2.45, 2.75) is 32.7 Å². The molecular weight excluding hydrogens is 398 g/mol. The molecule has 0 spiro atoms. The Morgan fingerprint density at radius 3 is 2.19 bits per heavy atom. The van der Waals surface area contributed by atoms with Gasteiger partial charge in [-0.15, -0.1) is 0 Å². The largest absolute Gasteiger partial charge is 0.493 e. The summed E-state index contributed by atoms with van der Waals surface area (Å²) in [6.07, 6.45) is 5.33. The third kappa shape index (κ3) is 6.62. The highest BCUT2D eigenvalue weighted by molar-refractivity contribution is 5.92. The van der Waals surface area contributed by atoms with Crippen LogP contribution >= 0.6 is 0 Å². The molecule has 0 saturated carbocycles. The molecule has 1 unspecified atom stereocenters. The molecule has 31 heavy (non-hydrogen) atoms. The lowest BCUT2D eigenvalue weighted by Crippen LogP contribution is -2.54. The summed E-state index contributed by atoms with van der Waals surface area (Å²) in [6.45, 7) is 7.25. The summed E-state index contributed by atoms with van der Waals surface area (Å²) in [5.41, 5.74) is 0.777. The number of ether oxygens (including phenoxy) is 3. The number of methoxy groups -OCH3 is 3. The van der Waals surface area contributed by atoms with Crippen molar-refractivity contribution in [2.75, 3.05) is 54.1 Å². The Morgan fingerprint density at radius 1 is 1.06 bits per heavy atom. The lowest BCUT2D eigenvalue weighted by atomic mass is 10.1. The lowest BCUT2D eigenvalue weighted by Gasteiger charge is -2.37. The first-order valence-electron chi connectivity index (χ1n) is 10.7. The molecule has 8 nitrogen and oxygen atoms in total. The van der Waals surface area contributed by atoms with Crippen LogP contribution < -0.4 is 19.5 Å². The molecule has 0 aliphatic carbocycles. The third-order valence-corrected chi connectivity index (χ3v) is 5.49. The van der Waals surface area contributed by atoms with Crippen LogP contribution in [0.4, 0.5) is 0 Å². The summed E-state index contributed by atoms with van der Waals surface area (Å²) < 4.78 is 16.0. The topological polar surface area (TPSA) is 80.3 Å². The molecule has 172 valence electrons. The number of rotatable bonds is 10. The van der Waals surface area contributed by atoms with Gasteiger partial charge in [0.2, 0.25) is 17.6 Å². The van der Waals surface area contributed by atoms with Gasteiger partial charge in [-0.1, -0.05) is 13.3 Å². The Balaban J connectivity index is 1.93. The van der Waals surface area contributed by atoms with Gasteiger partial charge in [-0.05, 0) is 37.1 Å². The maximum atomic E-state index is 12.6. The van der Waals surface area contributed by atoms with Crippen molar-refractivity contribution in [1.29, 1.82) is 0 Å². The van der Waals surface area contributed by atoms with Crippen LogP contribution in [0.2, 0.25) is 0 Å². The molecule has 0 aromatic heterocycles. The number of hydrogen-bond acceptors (Lipinski definition) is 6. The first kappa shape index (κ1) is 24.5. The summed E-state index contributed by atoms with van der Waals surface area (Å²) in [5.74, 6) is 1.57. The van der Waals surface area contributed by atoms with E-state index in [4.69, 9.17) is 14.2 Å². The highest BCUT2D eigenvalue weighted by Crippen LogP contribution is 2.38. The zero-order valence-electron chi connectivity index (χ0n) is 19.3. The minimum Gasteiger partial charge on any atom is -0.493 e. The van der Waals surface area contributed by atoms with Crippen molar-refractivity contribution in [3.63, 3.8) is 0 Å². The van der Waals surface area contributed by atoms with Crippen LogP contribution in [0.3, 0.4) is 0 Å². The number of unbranched alkanes of at least 4 members (excludes halogenated alkanes) is 1. The molecule has 2 rings (SSSR count). The normalized spacial score (nSPS) is 15.6. The maximum Gasteiger partial charge on any atom is 0.246 e. The Morgan fingerprint density at radius 2 is 1.68 bits per heavy atom. The fourth-order valence-corrected chi connectivity index (χ4v) is 3.50. The van der Waals surface area contributed by atoms with Crippen LogP contribution in [-0.4, -0.2) is 81.7 Å². The number of amides is 2. The van der Waals surface area contributed by atoms with E-state index in [-0.39, 0.29) is 17.9 Å². The number of nitrogens with zero attached hydrogens (tertiary/aromatic N) is 2. The summed E-state index contributed by atoms with van der Waals surface area (Å²) >= 11 is 0. The first-order valence-corrected chi connectivity index (χ1v) is 10.7. The standard InChI is InChI=1S/C23H35N3O5/c1-6-7-10-24-23(28)17(2)25-11-13-26(14-12-25)21(27)9-8-18-15-19(29-3)22(31-5)20(16-18)30-4/h8-9,15-17H,6-7,10-14H2,1-5H3,(H,24,28)/b9-8+. The monoisotopic (exact) mass is 433 g/mol. The van der Waals surface area contributed by atoms with Crippen LogP contribution in [0.1, 0.15) is 32.3 Å². The predicted octanol–water partition coefficient (Wildman–Crippen LogP) is 2.17. The summed E-state index contributed by atoms with van der Waals surface area (Å²) in [5, 5.41) is 2.98.